The van der Waals surface area contributed by atoms with Gasteiger partial charge >= 0.3 is 0 Å². The molecule has 1 amide bonds. The third kappa shape index (κ3) is 2.46. The van der Waals surface area contributed by atoms with Crippen molar-refractivity contribution in [3.05, 3.63) is 24.0 Å². The van der Waals surface area contributed by atoms with E-state index in [0.29, 0.717) is 11.8 Å². The fraction of sp³-hybridized carbons (Fsp3) is 0.706. The van der Waals surface area contributed by atoms with Crippen LogP contribution in [0.25, 0.3) is 0 Å². The van der Waals surface area contributed by atoms with Crippen LogP contribution in [0.3, 0.4) is 0 Å². The Morgan fingerprint density at radius 1 is 1.36 bits per heavy atom. The second kappa shape index (κ2) is 5.39. The average molecular weight is 303 g/mol. The van der Waals surface area contributed by atoms with Gasteiger partial charge in [0.05, 0.1) is 6.61 Å². The summed E-state index contributed by atoms with van der Waals surface area (Å²) < 4.78 is 0. The second-order valence-electron chi connectivity index (χ2n) is 7.41. The second-order valence-corrected chi connectivity index (χ2v) is 7.41. The minimum atomic E-state index is -0.116. The van der Waals surface area contributed by atoms with Crippen molar-refractivity contribution < 1.29 is 9.90 Å². The van der Waals surface area contributed by atoms with E-state index in [0.717, 1.165) is 52.0 Å². The minimum absolute atomic E-state index is 0.116. The van der Waals surface area contributed by atoms with E-state index in [1.54, 1.807) is 0 Å². The first kappa shape index (κ1) is 14.3. The van der Waals surface area contributed by atoms with Crippen molar-refractivity contribution in [2.45, 2.75) is 25.8 Å². The Balaban J connectivity index is 1.46. The molecule has 3 heterocycles. The van der Waals surface area contributed by atoms with Crippen LogP contribution >= 0.6 is 0 Å². The first-order chi connectivity index (χ1) is 10.7. The van der Waals surface area contributed by atoms with Gasteiger partial charge in [0, 0.05) is 49.4 Å². The number of amides is 1. The molecule has 120 valence electrons. The lowest BCUT2D eigenvalue weighted by Crippen LogP contribution is -2.50. The van der Waals surface area contributed by atoms with Crippen molar-refractivity contribution in [2.24, 2.45) is 17.3 Å². The van der Waals surface area contributed by atoms with Gasteiger partial charge in [-0.2, -0.15) is 0 Å². The van der Waals surface area contributed by atoms with Crippen LogP contribution < -0.4 is 0 Å². The third-order valence-corrected chi connectivity index (χ3v) is 5.75. The van der Waals surface area contributed by atoms with E-state index < -0.39 is 0 Å². The van der Waals surface area contributed by atoms with Gasteiger partial charge in [0.25, 0.3) is 0 Å². The van der Waals surface area contributed by atoms with Gasteiger partial charge in [-0.1, -0.05) is 0 Å². The summed E-state index contributed by atoms with van der Waals surface area (Å²) in [5.41, 5.74) is 1.10. The number of aliphatic hydroxyl groups is 1. The van der Waals surface area contributed by atoms with Gasteiger partial charge in [0.2, 0.25) is 5.91 Å². The molecule has 5 nitrogen and oxygen atoms in total. The van der Waals surface area contributed by atoms with Gasteiger partial charge in [-0.25, -0.2) is 0 Å². The highest BCUT2D eigenvalue weighted by Crippen LogP contribution is 2.44. The summed E-state index contributed by atoms with van der Waals surface area (Å²) in [6, 6.07) is 4.13. The SMILES string of the molecule is O=C(C1CC1)N1C[C@@H]2CCN(Cc3ccc[nH]3)C[C@]2(CO)C1. The molecule has 2 N–H and O–H groups in total. The van der Waals surface area contributed by atoms with Crippen LogP contribution in [0.4, 0.5) is 0 Å². The topological polar surface area (TPSA) is 59.6 Å². The number of fused-ring (bicyclic) bond motifs is 1. The number of likely N-dealkylation sites (tertiary alicyclic amines) is 2. The van der Waals surface area contributed by atoms with Crippen molar-refractivity contribution in [3.8, 4) is 0 Å². The molecule has 0 unspecified atom stereocenters. The van der Waals surface area contributed by atoms with Crippen LogP contribution in [0.1, 0.15) is 25.0 Å². The van der Waals surface area contributed by atoms with Crippen LogP contribution in [0.2, 0.25) is 0 Å². The average Bonchev–Trinajstić information content (AvgIpc) is 3.12. The van der Waals surface area contributed by atoms with E-state index in [9.17, 15) is 9.90 Å². The Morgan fingerprint density at radius 2 is 2.23 bits per heavy atom. The van der Waals surface area contributed by atoms with E-state index >= 15 is 0 Å². The summed E-state index contributed by atoms with van der Waals surface area (Å²) in [5, 5.41) is 10.1. The summed E-state index contributed by atoms with van der Waals surface area (Å²) in [6.45, 7) is 4.63. The lowest BCUT2D eigenvalue weighted by molar-refractivity contribution is -0.132. The van der Waals surface area contributed by atoms with Gasteiger partial charge in [0.1, 0.15) is 0 Å². The normalized spacial score (nSPS) is 32.2. The molecule has 1 aliphatic carbocycles. The van der Waals surface area contributed by atoms with Crippen LogP contribution in [0, 0.1) is 17.3 Å². The smallest absolute Gasteiger partial charge is 0.225 e. The highest BCUT2D eigenvalue weighted by atomic mass is 16.3. The van der Waals surface area contributed by atoms with Crippen LogP contribution in [-0.2, 0) is 11.3 Å². The van der Waals surface area contributed by atoms with Crippen molar-refractivity contribution in [1.82, 2.24) is 14.8 Å². The number of aromatic amines is 1. The van der Waals surface area contributed by atoms with Gasteiger partial charge in [-0.3, -0.25) is 9.69 Å². The molecule has 2 aliphatic heterocycles. The van der Waals surface area contributed by atoms with Crippen molar-refractivity contribution in [3.63, 3.8) is 0 Å². The summed E-state index contributed by atoms with van der Waals surface area (Å²) >= 11 is 0. The highest BCUT2D eigenvalue weighted by Gasteiger charge is 2.51. The molecule has 0 radical (unpaired) electrons. The molecule has 2 saturated heterocycles. The molecule has 1 aromatic rings. The predicted molar refractivity (Wildman–Crippen MR) is 83.0 cm³/mol. The van der Waals surface area contributed by atoms with E-state index in [2.05, 4.69) is 16.0 Å². The zero-order valence-corrected chi connectivity index (χ0v) is 13.0. The largest absolute Gasteiger partial charge is 0.396 e. The first-order valence-electron chi connectivity index (χ1n) is 8.44. The molecule has 2 atom stereocenters. The fourth-order valence-electron chi connectivity index (χ4n) is 4.30. The molecule has 3 aliphatic rings. The molecule has 1 saturated carbocycles. The molecular weight excluding hydrogens is 278 g/mol. The zero-order valence-electron chi connectivity index (χ0n) is 13.0. The van der Waals surface area contributed by atoms with E-state index in [1.807, 2.05) is 17.2 Å². The maximum absolute atomic E-state index is 12.4. The highest BCUT2D eigenvalue weighted by molar-refractivity contribution is 5.81. The number of H-pyrrole nitrogens is 1. The van der Waals surface area contributed by atoms with Gasteiger partial charge in [-0.05, 0) is 43.9 Å². The van der Waals surface area contributed by atoms with Gasteiger partial charge in [0.15, 0.2) is 0 Å². The van der Waals surface area contributed by atoms with Crippen molar-refractivity contribution in [1.29, 1.82) is 0 Å². The van der Waals surface area contributed by atoms with Crippen molar-refractivity contribution >= 4 is 5.91 Å². The first-order valence-corrected chi connectivity index (χ1v) is 8.44. The Kier molecular flexibility index (Phi) is 3.50. The number of hydrogen-bond donors (Lipinski definition) is 2. The molecule has 22 heavy (non-hydrogen) atoms. The standard InChI is InChI=1S/C17H25N3O2/c21-12-17-10-19(9-15-2-1-6-18-15)7-5-14(17)8-20(11-17)16(22)13-3-4-13/h1-2,6,13-14,18,21H,3-5,7-12H2/t14-,17+/m0/s1. The molecule has 0 bridgehead atoms. The van der Waals surface area contributed by atoms with Gasteiger partial charge < -0.3 is 15.0 Å². The van der Waals surface area contributed by atoms with Crippen molar-refractivity contribution in [2.75, 3.05) is 32.8 Å². The number of nitrogens with one attached hydrogen (secondary N) is 1. The van der Waals surface area contributed by atoms with Crippen LogP contribution in [-0.4, -0.2) is 58.6 Å². The molecule has 4 rings (SSSR count). The maximum Gasteiger partial charge on any atom is 0.225 e. The summed E-state index contributed by atoms with van der Waals surface area (Å²) in [5.74, 6) is 1.07. The lowest BCUT2D eigenvalue weighted by Gasteiger charge is -2.42. The minimum Gasteiger partial charge on any atom is -0.396 e. The molecule has 0 aromatic carbocycles. The number of nitrogens with zero attached hydrogens (tertiary/aromatic N) is 2. The third-order valence-electron chi connectivity index (χ3n) is 5.75. The summed E-state index contributed by atoms with van der Waals surface area (Å²) in [7, 11) is 0. The lowest BCUT2D eigenvalue weighted by atomic mass is 9.74. The zero-order chi connectivity index (χ0) is 15.2. The number of piperidine rings is 1. The Labute approximate surface area is 131 Å². The fourth-order valence-corrected chi connectivity index (χ4v) is 4.30. The maximum atomic E-state index is 12.4. The molecule has 0 spiro atoms. The number of carbonyl (C=O) groups excluding carboxylic acids is 1. The number of aromatic nitrogens is 1. The van der Waals surface area contributed by atoms with Gasteiger partial charge in [-0.15, -0.1) is 0 Å². The van der Waals surface area contributed by atoms with E-state index in [4.69, 9.17) is 0 Å². The Bertz CT molecular complexity index is 540. The Morgan fingerprint density at radius 3 is 2.91 bits per heavy atom. The summed E-state index contributed by atoms with van der Waals surface area (Å²) in [6.07, 6.45) is 5.15. The Hall–Kier alpha value is -1.33. The van der Waals surface area contributed by atoms with E-state index in [-0.39, 0.29) is 17.9 Å². The van der Waals surface area contributed by atoms with Crippen LogP contribution in [0.15, 0.2) is 18.3 Å². The predicted octanol–water partition coefficient (Wildman–Crippen LogP) is 1.07. The number of hydrogen-bond acceptors (Lipinski definition) is 3. The number of rotatable bonds is 4. The molecule has 3 fully saturated rings. The quantitative estimate of drug-likeness (QED) is 0.875. The van der Waals surface area contributed by atoms with Crippen LogP contribution in [0.5, 0.6) is 0 Å². The molecule has 5 heteroatoms. The monoisotopic (exact) mass is 303 g/mol. The molecule has 1 aromatic heterocycles. The van der Waals surface area contributed by atoms with E-state index in [1.165, 1.54) is 5.69 Å². The number of aliphatic hydroxyl groups excluding tert-OH is 1. The number of carbonyl (C=O) groups is 1. The molecular formula is C17H25N3O2. The summed E-state index contributed by atoms with van der Waals surface area (Å²) in [4.78, 5) is 20.1.